The third kappa shape index (κ3) is 8.28. The van der Waals surface area contributed by atoms with Crippen molar-refractivity contribution in [2.45, 2.75) is 6.42 Å². The Hall–Kier alpha value is 0.284. The second-order valence-corrected chi connectivity index (χ2v) is 2.92. The Morgan fingerprint density at radius 3 is 2.56 bits per heavy atom. The number of carbonyl (C=O) groups excluding carboxylic acids is 1. The molecule has 0 bridgehead atoms. The molecule has 0 aromatic heterocycles. The topological polar surface area (TPSA) is 17.1 Å². The minimum atomic E-state index is 0.887. The molecule has 1 aliphatic carbocycles. The Labute approximate surface area is 71.4 Å². The second kappa shape index (κ2) is 8.28. The molecular weight excluding hydrogens is 274 g/mol. The summed E-state index contributed by atoms with van der Waals surface area (Å²) in [5, 5.41) is 0. The quantitative estimate of drug-likeness (QED) is 0.375. The van der Waals surface area contributed by atoms with Crippen molar-refractivity contribution < 1.29 is 15.6 Å². The average Bonchev–Trinajstić information content (AvgIpc) is 2.43. The Morgan fingerprint density at radius 1 is 1.78 bits per heavy atom. The van der Waals surface area contributed by atoms with Crippen molar-refractivity contribution in [1.29, 1.82) is 0 Å². The smallest absolute Gasteiger partial charge is 0.109 e. The molecule has 53 valence electrons. The van der Waals surface area contributed by atoms with Crippen molar-refractivity contribution in [3.63, 3.8) is 0 Å². The van der Waals surface area contributed by atoms with E-state index < -0.39 is 0 Å². The zero-order valence-electron chi connectivity index (χ0n) is 4.54. The van der Waals surface area contributed by atoms with Gasteiger partial charge < -0.3 is 0 Å². The molecule has 0 radical (unpaired) electrons. The van der Waals surface area contributed by atoms with E-state index in [1.807, 2.05) is 32.6 Å². The number of rotatable bonds is 0. The van der Waals surface area contributed by atoms with E-state index in [1.54, 1.807) is 4.86 Å². The van der Waals surface area contributed by atoms with Gasteiger partial charge in [0.2, 0.25) is 0 Å². The van der Waals surface area contributed by atoms with Crippen LogP contribution in [-0.4, -0.2) is 4.86 Å². The molecule has 9 heavy (non-hydrogen) atoms. The van der Waals surface area contributed by atoms with Crippen molar-refractivity contribution in [2.75, 3.05) is 0 Å². The van der Waals surface area contributed by atoms with Gasteiger partial charge >= 0.3 is 41.0 Å². The first-order chi connectivity index (χ1) is 4.41. The van der Waals surface area contributed by atoms with Crippen LogP contribution in [0.1, 0.15) is 6.42 Å². The van der Waals surface area contributed by atoms with Crippen LogP contribution >= 0.6 is 20.5 Å². The maximum Gasteiger partial charge on any atom is -0.109 e. The van der Waals surface area contributed by atoms with E-state index in [0.717, 1.165) is 17.2 Å². The summed E-state index contributed by atoms with van der Waals surface area (Å²) in [6, 6.07) is 0. The number of hydrogen-bond acceptors (Lipinski definition) is 1. The summed E-state index contributed by atoms with van der Waals surface area (Å²) in [6.07, 6.45) is 10.0. The fourth-order valence-electron chi connectivity index (χ4n) is 0.340. The fraction of sp³-hybridized carbons (Fsp3) is 0.167. The Bertz CT molecular complexity index is 146. The summed E-state index contributed by atoms with van der Waals surface area (Å²) in [4.78, 5) is 10.6. The Kier molecular flexibility index (Phi) is 8.54. The number of hydrogen-bond donors (Lipinski definition) is 0. The van der Waals surface area contributed by atoms with Crippen molar-refractivity contribution in [2.24, 2.45) is 0 Å². The monoisotopic (exact) mass is 278 g/mol. The molecule has 0 aromatic rings. The normalized spacial score (nSPS) is 12.6. The van der Waals surface area contributed by atoms with Gasteiger partial charge in [-0.15, -0.1) is 6.42 Å². The molecular formula is C6H5INiO-. The Morgan fingerprint density at radius 2 is 2.44 bits per heavy atom. The summed E-state index contributed by atoms with van der Waals surface area (Å²) in [7, 11) is 0.887. The van der Waals surface area contributed by atoms with Gasteiger partial charge in [0.1, 0.15) is 0 Å². The third-order valence-corrected chi connectivity index (χ3v) is 1.26. The Balaban J connectivity index is 0.000000148. The van der Waals surface area contributed by atoms with Gasteiger partial charge in [0.25, 0.3) is 0 Å². The van der Waals surface area contributed by atoms with Crippen LogP contribution in [0.3, 0.4) is 0 Å². The minimum Gasteiger partial charge on any atom is -0.273 e. The maximum absolute atomic E-state index is 9.01. The largest absolute Gasteiger partial charge is 0.273 e. The molecule has 0 N–H and O–H groups in total. The molecule has 0 spiro atoms. The molecule has 0 aromatic carbocycles. The van der Waals surface area contributed by atoms with Gasteiger partial charge in [0, 0.05) is 0 Å². The summed E-state index contributed by atoms with van der Waals surface area (Å²) < 4.78 is 0. The van der Waals surface area contributed by atoms with E-state index in [-0.39, 0.29) is 0 Å². The zero-order valence-corrected chi connectivity index (χ0v) is 7.69. The van der Waals surface area contributed by atoms with Gasteiger partial charge in [0.05, 0.1) is 0 Å². The first-order valence-corrected chi connectivity index (χ1v) is 5.88. The summed E-state index contributed by atoms with van der Waals surface area (Å²) in [6.45, 7) is 0. The van der Waals surface area contributed by atoms with E-state index in [1.165, 1.54) is 0 Å². The molecule has 1 aliphatic rings. The van der Waals surface area contributed by atoms with Gasteiger partial charge in [-0.05, 0) is 0 Å². The summed E-state index contributed by atoms with van der Waals surface area (Å²) in [5.41, 5.74) is 0. The van der Waals surface area contributed by atoms with Gasteiger partial charge in [-0.25, -0.2) is 12.2 Å². The van der Waals surface area contributed by atoms with Gasteiger partial charge in [-0.2, -0.15) is 6.08 Å². The summed E-state index contributed by atoms with van der Waals surface area (Å²) in [5.74, 6) is 0. The molecule has 3 heteroatoms. The molecule has 0 fully saturated rings. The van der Waals surface area contributed by atoms with Crippen LogP contribution in [0.25, 0.3) is 0 Å². The van der Waals surface area contributed by atoms with Crippen molar-refractivity contribution in [3.8, 4) is 0 Å². The molecule has 1 rings (SSSR count). The molecule has 0 amide bonds. The minimum absolute atomic E-state index is 0.887. The molecule has 0 aliphatic heterocycles. The van der Waals surface area contributed by atoms with E-state index >= 15 is 0 Å². The van der Waals surface area contributed by atoms with Crippen molar-refractivity contribution >= 4 is 25.3 Å². The van der Waals surface area contributed by atoms with E-state index in [0.29, 0.717) is 0 Å². The van der Waals surface area contributed by atoms with Crippen LogP contribution in [0.4, 0.5) is 0 Å². The standard InChI is InChI=1S/C5H5.CO.HI.Ni/c1-2-4-5-3-1;1-2;;/h1-3H,4H2;;1H;/q-1;;;+1/p-1. The molecule has 0 saturated carbocycles. The molecule has 0 unspecified atom stereocenters. The first-order valence-electron chi connectivity index (χ1n) is 2.20. The van der Waals surface area contributed by atoms with Crippen LogP contribution in [0.2, 0.25) is 0 Å². The number of halogens is 1. The van der Waals surface area contributed by atoms with Crippen LogP contribution in [0, 0.1) is 6.08 Å². The van der Waals surface area contributed by atoms with Crippen molar-refractivity contribution in [3.05, 3.63) is 24.3 Å². The van der Waals surface area contributed by atoms with E-state index in [2.05, 4.69) is 12.2 Å². The SMILES string of the molecule is O=[C]=[Ni][I].[C-]1=CC=CC1. The zero-order chi connectivity index (χ0) is 6.95. The maximum atomic E-state index is 9.01. The fourth-order valence-corrected chi connectivity index (χ4v) is 0.340. The summed E-state index contributed by atoms with van der Waals surface area (Å²) >= 11 is 1.87. The van der Waals surface area contributed by atoms with Crippen LogP contribution in [0.15, 0.2) is 18.2 Å². The van der Waals surface area contributed by atoms with Gasteiger partial charge in [-0.1, -0.05) is 0 Å². The molecule has 0 saturated heterocycles. The molecule has 1 nitrogen and oxygen atoms in total. The van der Waals surface area contributed by atoms with Gasteiger partial charge in [-0.3, -0.25) is 6.08 Å². The molecule has 0 atom stereocenters. The predicted molar refractivity (Wildman–Crippen MR) is 41.3 cm³/mol. The second-order valence-electron chi connectivity index (χ2n) is 1.13. The predicted octanol–water partition coefficient (Wildman–Crippen LogP) is 1.79. The van der Waals surface area contributed by atoms with E-state index in [4.69, 9.17) is 4.79 Å². The van der Waals surface area contributed by atoms with Crippen molar-refractivity contribution in [1.82, 2.24) is 0 Å². The first kappa shape index (κ1) is 9.28. The van der Waals surface area contributed by atoms with Crippen LogP contribution in [-0.2, 0) is 15.6 Å². The number of allylic oxidation sites excluding steroid dienone is 4. The third-order valence-electron chi connectivity index (χ3n) is 0.610. The van der Waals surface area contributed by atoms with Gasteiger partial charge in [0.15, 0.2) is 0 Å². The van der Waals surface area contributed by atoms with Crippen LogP contribution in [0.5, 0.6) is 0 Å². The average molecular weight is 279 g/mol. The van der Waals surface area contributed by atoms with E-state index in [9.17, 15) is 0 Å². The molecule has 0 heterocycles. The van der Waals surface area contributed by atoms with Crippen LogP contribution < -0.4 is 0 Å².